The first-order valence-corrected chi connectivity index (χ1v) is 5.58. The van der Waals surface area contributed by atoms with Crippen LogP contribution in [0.2, 0.25) is 0 Å². The molecule has 76 valence electrons. The van der Waals surface area contributed by atoms with Gasteiger partial charge in [0.1, 0.15) is 0 Å². The smallest absolute Gasteiger partial charge is 0.319 e. The van der Waals surface area contributed by atoms with Crippen molar-refractivity contribution < 1.29 is 9.63 Å². The van der Waals surface area contributed by atoms with Gasteiger partial charge in [-0.15, -0.1) is 0 Å². The molecule has 13 heavy (non-hydrogen) atoms. The number of nitrogens with one attached hydrogen (secondary N) is 1. The van der Waals surface area contributed by atoms with E-state index in [2.05, 4.69) is 17.2 Å². The molecule has 1 N–H and O–H groups in total. The van der Waals surface area contributed by atoms with Crippen molar-refractivity contribution in [3.05, 3.63) is 0 Å². The monoisotopic (exact) mass is 204 g/mol. The summed E-state index contributed by atoms with van der Waals surface area (Å²) in [6.07, 6.45) is 1.06. The molecule has 1 heterocycles. The average molecular weight is 204 g/mol. The molecule has 0 aliphatic carbocycles. The molecule has 1 atom stereocenters. The first kappa shape index (κ1) is 10.7. The maximum Gasteiger partial charge on any atom is 0.341 e. The molecule has 0 spiro atoms. The van der Waals surface area contributed by atoms with Crippen LogP contribution in [0.4, 0.5) is 4.79 Å². The molecule has 1 saturated heterocycles. The van der Waals surface area contributed by atoms with Gasteiger partial charge in [-0.1, -0.05) is 0 Å². The lowest BCUT2D eigenvalue weighted by atomic mass is 10.2. The Morgan fingerprint density at radius 3 is 3.08 bits per heavy atom. The van der Waals surface area contributed by atoms with Crippen molar-refractivity contribution in [2.24, 2.45) is 0 Å². The average Bonchev–Trinajstić information content (AvgIpc) is 2.30. The lowest BCUT2D eigenvalue weighted by Gasteiger charge is -2.26. The Kier molecular flexibility index (Phi) is 4.38. The summed E-state index contributed by atoms with van der Waals surface area (Å²) in [5.74, 6) is 2.15. The molecule has 4 nitrogen and oxygen atoms in total. The normalized spacial score (nSPS) is 23.8. The maximum atomic E-state index is 11.4. The molecule has 5 heteroatoms. The largest absolute Gasteiger partial charge is 0.341 e. The van der Waals surface area contributed by atoms with Crippen molar-refractivity contribution in [1.82, 2.24) is 10.4 Å². The maximum absolute atomic E-state index is 11.4. The van der Waals surface area contributed by atoms with Crippen LogP contribution >= 0.6 is 11.8 Å². The van der Waals surface area contributed by atoms with E-state index in [-0.39, 0.29) is 6.03 Å². The van der Waals surface area contributed by atoms with E-state index in [1.807, 2.05) is 16.7 Å². The third kappa shape index (κ3) is 3.08. The van der Waals surface area contributed by atoms with Gasteiger partial charge in [-0.2, -0.15) is 11.8 Å². The first-order chi connectivity index (χ1) is 6.25. The van der Waals surface area contributed by atoms with Crippen molar-refractivity contribution in [3.8, 4) is 0 Å². The number of amides is 2. The topological polar surface area (TPSA) is 41.6 Å². The van der Waals surface area contributed by atoms with Crippen molar-refractivity contribution in [1.29, 1.82) is 0 Å². The molecule has 0 bridgehead atoms. The van der Waals surface area contributed by atoms with Crippen LogP contribution in [0.5, 0.6) is 0 Å². The van der Waals surface area contributed by atoms with E-state index in [0.717, 1.165) is 24.5 Å². The summed E-state index contributed by atoms with van der Waals surface area (Å²) in [5.41, 5.74) is 2.35. The number of carbonyl (C=O) groups excluding carboxylic acids is 1. The highest BCUT2D eigenvalue weighted by Crippen LogP contribution is 2.15. The van der Waals surface area contributed by atoms with Gasteiger partial charge < -0.3 is 4.90 Å². The number of hydroxylamine groups is 1. The van der Waals surface area contributed by atoms with Crippen LogP contribution in [-0.4, -0.2) is 42.1 Å². The molecule has 0 aromatic heterocycles. The SMILES string of the molecule is CONC(=O)N1CCSCCC1C. The Hall–Kier alpha value is -0.420. The fourth-order valence-electron chi connectivity index (χ4n) is 1.34. The van der Waals surface area contributed by atoms with Crippen LogP contribution in [0.15, 0.2) is 0 Å². The van der Waals surface area contributed by atoms with E-state index in [9.17, 15) is 4.79 Å². The predicted molar refractivity (Wildman–Crippen MR) is 53.7 cm³/mol. The summed E-state index contributed by atoms with van der Waals surface area (Å²) in [6, 6.07) is 0.183. The Balaban J connectivity index is 2.48. The van der Waals surface area contributed by atoms with Crippen molar-refractivity contribution in [3.63, 3.8) is 0 Å². The minimum Gasteiger partial charge on any atom is -0.319 e. The van der Waals surface area contributed by atoms with E-state index < -0.39 is 0 Å². The van der Waals surface area contributed by atoms with Crippen LogP contribution in [0.3, 0.4) is 0 Å². The zero-order valence-corrected chi connectivity index (χ0v) is 8.89. The van der Waals surface area contributed by atoms with Gasteiger partial charge in [0.2, 0.25) is 0 Å². The lowest BCUT2D eigenvalue weighted by molar-refractivity contribution is 0.0811. The number of carbonyl (C=O) groups is 1. The molecule has 0 radical (unpaired) electrons. The van der Waals surface area contributed by atoms with Gasteiger partial charge in [0.25, 0.3) is 0 Å². The zero-order valence-electron chi connectivity index (χ0n) is 8.08. The highest BCUT2D eigenvalue weighted by Gasteiger charge is 2.21. The molecular formula is C8H16N2O2S. The highest BCUT2D eigenvalue weighted by molar-refractivity contribution is 7.99. The quantitative estimate of drug-likeness (QED) is 0.650. The second-order valence-corrected chi connectivity index (χ2v) is 4.28. The Morgan fingerprint density at radius 1 is 1.62 bits per heavy atom. The summed E-state index contributed by atoms with van der Waals surface area (Å²) < 4.78 is 0. The summed E-state index contributed by atoms with van der Waals surface area (Å²) in [7, 11) is 1.45. The predicted octanol–water partition coefficient (Wildman–Crippen LogP) is 1.08. The van der Waals surface area contributed by atoms with Crippen molar-refractivity contribution in [2.75, 3.05) is 25.2 Å². The fraction of sp³-hybridized carbons (Fsp3) is 0.875. The first-order valence-electron chi connectivity index (χ1n) is 4.43. The van der Waals surface area contributed by atoms with Gasteiger partial charge in [0, 0.05) is 18.3 Å². The molecule has 1 aliphatic heterocycles. The van der Waals surface area contributed by atoms with Crippen LogP contribution in [0, 0.1) is 0 Å². The Morgan fingerprint density at radius 2 is 2.38 bits per heavy atom. The van der Waals surface area contributed by atoms with Crippen molar-refractivity contribution >= 4 is 17.8 Å². The van der Waals surface area contributed by atoms with E-state index in [0.29, 0.717) is 6.04 Å². The van der Waals surface area contributed by atoms with Crippen LogP contribution < -0.4 is 5.48 Å². The molecule has 1 fully saturated rings. The molecule has 0 aromatic carbocycles. The summed E-state index contributed by atoms with van der Waals surface area (Å²) in [6.45, 7) is 2.88. The second-order valence-electron chi connectivity index (χ2n) is 3.05. The molecule has 1 unspecified atom stereocenters. The number of hydrogen-bond donors (Lipinski definition) is 1. The van der Waals surface area contributed by atoms with Crippen molar-refractivity contribution in [2.45, 2.75) is 19.4 Å². The third-order valence-electron chi connectivity index (χ3n) is 2.14. The number of hydrogen-bond acceptors (Lipinski definition) is 3. The standard InChI is InChI=1S/C8H16N2O2S/c1-7-3-5-13-6-4-10(7)8(11)9-12-2/h7H,3-6H2,1-2H3,(H,9,11). The van der Waals surface area contributed by atoms with E-state index in [4.69, 9.17) is 0 Å². The van der Waals surface area contributed by atoms with Crippen LogP contribution in [0.25, 0.3) is 0 Å². The van der Waals surface area contributed by atoms with E-state index in [1.165, 1.54) is 7.11 Å². The van der Waals surface area contributed by atoms with Gasteiger partial charge in [-0.05, 0) is 19.1 Å². The minimum absolute atomic E-state index is 0.127. The fourth-order valence-corrected chi connectivity index (χ4v) is 2.38. The van der Waals surface area contributed by atoms with Crippen LogP contribution in [0.1, 0.15) is 13.3 Å². The van der Waals surface area contributed by atoms with E-state index >= 15 is 0 Å². The van der Waals surface area contributed by atoms with Gasteiger partial charge in [-0.25, -0.2) is 10.3 Å². The molecular weight excluding hydrogens is 188 g/mol. The molecule has 0 saturated carbocycles. The molecule has 0 aromatic rings. The molecule has 2 amide bonds. The molecule has 1 rings (SSSR count). The number of rotatable bonds is 1. The highest BCUT2D eigenvalue weighted by atomic mass is 32.2. The lowest BCUT2D eigenvalue weighted by Crippen LogP contribution is -2.45. The summed E-state index contributed by atoms with van der Waals surface area (Å²) >= 11 is 1.90. The molecule has 1 aliphatic rings. The number of urea groups is 1. The van der Waals surface area contributed by atoms with E-state index in [1.54, 1.807) is 0 Å². The number of nitrogens with zero attached hydrogens (tertiary/aromatic N) is 1. The zero-order chi connectivity index (χ0) is 9.68. The summed E-state index contributed by atoms with van der Waals surface area (Å²) in [4.78, 5) is 17.9. The van der Waals surface area contributed by atoms with Gasteiger partial charge >= 0.3 is 6.03 Å². The Labute approximate surface area is 82.9 Å². The van der Waals surface area contributed by atoms with Gasteiger partial charge in [0.15, 0.2) is 0 Å². The van der Waals surface area contributed by atoms with Gasteiger partial charge in [0.05, 0.1) is 7.11 Å². The van der Waals surface area contributed by atoms with Gasteiger partial charge in [-0.3, -0.25) is 4.84 Å². The van der Waals surface area contributed by atoms with Crippen LogP contribution in [-0.2, 0) is 4.84 Å². The summed E-state index contributed by atoms with van der Waals surface area (Å²) in [5, 5.41) is 0. The number of thioether (sulfide) groups is 1. The Bertz CT molecular complexity index is 178. The third-order valence-corrected chi connectivity index (χ3v) is 3.13. The second kappa shape index (κ2) is 5.34. The minimum atomic E-state index is -0.127.